The van der Waals surface area contributed by atoms with Crippen molar-refractivity contribution in [2.45, 2.75) is 101 Å². The summed E-state index contributed by atoms with van der Waals surface area (Å²) < 4.78 is 0.858. The third-order valence-electron chi connectivity index (χ3n) is 12.1. The Balaban J connectivity index is 1.71. The van der Waals surface area contributed by atoms with Crippen LogP contribution in [0.2, 0.25) is 4.13 Å². The molecule has 0 nitrogen and oxygen atoms in total. The molecule has 0 radical (unpaired) electrons. The molecule has 0 aromatic heterocycles. The van der Waals surface area contributed by atoms with Crippen LogP contribution >= 0.6 is 17.0 Å². The Kier molecular flexibility index (Phi) is 9.56. The van der Waals surface area contributed by atoms with Gasteiger partial charge in [-0.05, 0) is 0 Å². The van der Waals surface area contributed by atoms with Crippen LogP contribution in [0.5, 0.6) is 0 Å². The fourth-order valence-electron chi connectivity index (χ4n) is 9.89. The number of fused-ring (bicyclic) bond motifs is 2. The number of halogens is 2. The maximum atomic E-state index is 8.76. The first-order chi connectivity index (χ1) is 22.9. The zero-order chi connectivity index (χ0) is 35.9. The molecule has 257 valence electrons. The SMILES string of the molecule is C[CH2][Zr]([Cl])([Cl])([CH]1C(C(C)C)=Cc2c(-c3c(C)cccc3C)c(C)cc(C)c21)[CH]1C(C(C)C)=Cc2c(-c3c(C)cccc3C)c(C)cc(C)c21. The van der Waals surface area contributed by atoms with E-state index in [9.17, 15) is 0 Å². The second kappa shape index (κ2) is 12.8. The van der Waals surface area contributed by atoms with Gasteiger partial charge in [-0.15, -0.1) is 0 Å². The van der Waals surface area contributed by atoms with E-state index < -0.39 is 16.4 Å². The Morgan fingerprint density at radius 2 is 0.837 bits per heavy atom. The zero-order valence-electron chi connectivity index (χ0n) is 32.0. The molecule has 6 rings (SSSR count). The van der Waals surface area contributed by atoms with E-state index in [-0.39, 0.29) is 7.25 Å². The predicted molar refractivity (Wildman–Crippen MR) is 215 cm³/mol. The number of benzene rings is 4. The normalized spacial score (nSPS) is 18.0. The number of rotatable bonds is 7. The van der Waals surface area contributed by atoms with Crippen molar-refractivity contribution in [3.63, 3.8) is 0 Å². The summed E-state index contributed by atoms with van der Waals surface area (Å²) in [5, 5.41) is 0. The van der Waals surface area contributed by atoms with Crippen LogP contribution < -0.4 is 0 Å². The molecule has 2 aliphatic carbocycles. The molecule has 0 fully saturated rings. The van der Waals surface area contributed by atoms with Crippen LogP contribution in [0.3, 0.4) is 0 Å². The molecule has 0 N–H and O–H groups in total. The van der Waals surface area contributed by atoms with E-state index in [2.05, 4.69) is 151 Å². The van der Waals surface area contributed by atoms with E-state index in [4.69, 9.17) is 17.0 Å². The molecule has 4 aromatic carbocycles. The van der Waals surface area contributed by atoms with Crippen molar-refractivity contribution in [3.05, 3.63) is 126 Å². The Hall–Kier alpha value is -2.18. The fraction of sp³-hybridized carbons (Fsp3) is 0.391. The van der Waals surface area contributed by atoms with Crippen molar-refractivity contribution in [2.24, 2.45) is 11.8 Å². The van der Waals surface area contributed by atoms with E-state index in [0.717, 1.165) is 4.13 Å². The fourth-order valence-corrected chi connectivity index (χ4v) is 28.5. The van der Waals surface area contributed by atoms with Crippen molar-refractivity contribution < 1.29 is 16.4 Å². The molecule has 0 saturated heterocycles. The van der Waals surface area contributed by atoms with Gasteiger partial charge in [0.15, 0.2) is 0 Å². The minimum atomic E-state index is -5.03. The Morgan fingerprint density at radius 1 is 0.510 bits per heavy atom. The van der Waals surface area contributed by atoms with Gasteiger partial charge in [-0.3, -0.25) is 0 Å². The van der Waals surface area contributed by atoms with Gasteiger partial charge >= 0.3 is 307 Å². The van der Waals surface area contributed by atoms with Gasteiger partial charge in [0.1, 0.15) is 0 Å². The molecule has 0 saturated carbocycles. The summed E-state index contributed by atoms with van der Waals surface area (Å²) in [6, 6.07) is 18.2. The summed E-state index contributed by atoms with van der Waals surface area (Å²) in [6.07, 6.45) is 5.05. The first-order valence-corrected chi connectivity index (χ1v) is 29.3. The third-order valence-corrected chi connectivity index (χ3v) is 32.6. The van der Waals surface area contributed by atoms with E-state index in [1.165, 1.54) is 100 Å². The van der Waals surface area contributed by atoms with Crippen molar-refractivity contribution in [1.82, 2.24) is 0 Å². The number of hydrogen-bond donors (Lipinski definition) is 0. The second-order valence-electron chi connectivity index (χ2n) is 16.1. The summed E-state index contributed by atoms with van der Waals surface area (Å²) in [5.74, 6) is 0.632. The predicted octanol–water partition coefficient (Wildman–Crippen LogP) is 14.8. The number of allylic oxidation sites excluding steroid dienone is 2. The molecule has 0 spiro atoms. The summed E-state index contributed by atoms with van der Waals surface area (Å²) in [6.45, 7) is 29.9. The minimum absolute atomic E-state index is 0.0240. The van der Waals surface area contributed by atoms with Crippen LogP contribution in [-0.4, -0.2) is 0 Å². The van der Waals surface area contributed by atoms with Gasteiger partial charge < -0.3 is 0 Å². The number of hydrogen-bond acceptors (Lipinski definition) is 0. The van der Waals surface area contributed by atoms with Gasteiger partial charge in [0.2, 0.25) is 0 Å². The Morgan fingerprint density at radius 3 is 1.12 bits per heavy atom. The maximum absolute atomic E-state index is 8.76. The van der Waals surface area contributed by atoms with Gasteiger partial charge in [-0.25, -0.2) is 0 Å². The van der Waals surface area contributed by atoms with Crippen LogP contribution in [0.15, 0.2) is 59.7 Å². The summed E-state index contributed by atoms with van der Waals surface area (Å²) >= 11 is -5.03. The molecule has 2 atom stereocenters. The molecular formula is C46H55Cl2Zr. The van der Waals surface area contributed by atoms with E-state index in [0.29, 0.717) is 11.8 Å². The molecule has 4 aromatic rings. The van der Waals surface area contributed by atoms with Crippen LogP contribution in [0.1, 0.15) is 109 Å². The zero-order valence-corrected chi connectivity index (χ0v) is 36.0. The van der Waals surface area contributed by atoms with Crippen molar-refractivity contribution in [2.75, 3.05) is 0 Å². The third kappa shape index (κ3) is 5.56. The van der Waals surface area contributed by atoms with Crippen LogP contribution in [-0.2, 0) is 16.4 Å². The average Bonchev–Trinajstić information content (AvgIpc) is 3.63. The van der Waals surface area contributed by atoms with Gasteiger partial charge in [0.05, 0.1) is 0 Å². The summed E-state index contributed by atoms with van der Waals surface area (Å²) in [7, 11) is 17.5. The van der Waals surface area contributed by atoms with Crippen LogP contribution in [0.4, 0.5) is 0 Å². The molecule has 0 heterocycles. The monoisotopic (exact) mass is 767 g/mol. The molecule has 0 amide bonds. The van der Waals surface area contributed by atoms with Gasteiger partial charge in [0, 0.05) is 0 Å². The molecule has 49 heavy (non-hydrogen) atoms. The van der Waals surface area contributed by atoms with Crippen molar-refractivity contribution in [1.29, 1.82) is 0 Å². The van der Waals surface area contributed by atoms with E-state index in [1.54, 1.807) is 0 Å². The molecule has 0 bridgehead atoms. The van der Waals surface area contributed by atoms with Crippen molar-refractivity contribution >= 4 is 29.2 Å². The Labute approximate surface area is 305 Å². The van der Waals surface area contributed by atoms with Crippen LogP contribution in [0.25, 0.3) is 34.4 Å². The second-order valence-corrected chi connectivity index (χ2v) is 39.0. The molecule has 3 heteroatoms. The molecule has 0 aliphatic heterocycles. The molecule has 2 unspecified atom stereocenters. The standard InChI is InChI=1S/2C22H25.C2H5.2ClH.Zr/c2*1-13(2)18-11-19-16(5)10-17(6)22(20(19)12-18)21-14(3)8-7-9-15(21)4;1-2;;;/h2*7-13H,1-6H3;1H2,2H3;2*1H;/q;;;;;+2/p-2. The Bertz CT molecular complexity index is 1900. The van der Waals surface area contributed by atoms with Gasteiger partial charge in [-0.1, -0.05) is 0 Å². The molecular weight excluding hydrogens is 715 g/mol. The van der Waals surface area contributed by atoms with E-state index >= 15 is 0 Å². The van der Waals surface area contributed by atoms with Crippen molar-refractivity contribution in [3.8, 4) is 22.3 Å². The average molecular weight is 770 g/mol. The topological polar surface area (TPSA) is 0 Å². The van der Waals surface area contributed by atoms with E-state index in [1.807, 2.05) is 0 Å². The molecule has 2 aliphatic rings. The van der Waals surface area contributed by atoms with Gasteiger partial charge in [-0.2, -0.15) is 0 Å². The first kappa shape index (κ1) is 36.6. The van der Waals surface area contributed by atoms with Crippen LogP contribution in [0, 0.1) is 67.2 Å². The number of aryl methyl sites for hydroxylation is 8. The quantitative estimate of drug-likeness (QED) is 0.176. The summed E-state index contributed by atoms with van der Waals surface area (Å²) in [4.78, 5) is 0. The summed E-state index contributed by atoms with van der Waals surface area (Å²) in [5.41, 5.74) is 24.3. The van der Waals surface area contributed by atoms with Gasteiger partial charge in [0.25, 0.3) is 0 Å². The first-order valence-electron chi connectivity index (χ1n) is 18.4.